The lowest BCUT2D eigenvalue weighted by Gasteiger charge is -2.10. The lowest BCUT2D eigenvalue weighted by Crippen LogP contribution is -2.03. The number of ether oxygens (including phenoxy) is 1. The number of hydrogen-bond donors (Lipinski definition) is 2. The Morgan fingerprint density at radius 2 is 1.65 bits per heavy atom. The van der Waals surface area contributed by atoms with Crippen LogP contribution in [0, 0.1) is 0 Å². The van der Waals surface area contributed by atoms with Crippen molar-refractivity contribution in [1.29, 1.82) is 0 Å². The van der Waals surface area contributed by atoms with Gasteiger partial charge in [-0.05, 0) is 52.6 Å². The van der Waals surface area contributed by atoms with Gasteiger partial charge in [-0.15, -0.1) is 0 Å². The summed E-state index contributed by atoms with van der Waals surface area (Å²) in [5.41, 5.74) is 1.83. The minimum atomic E-state index is -4.08. The standard InChI is InChI=1S/C17H12O3.C10H12O3S/c1-2-15(18)20-14-9-5-7-12-10-11-6-3-4-8-13(11)17(19)16(12)14;1-3-8(2)9-4-6-10(7-5-9)14(11,12)13/h2-10,19H,1H2;4-7H,2-3H2,1H3,(H,11,12,13). The molecule has 0 amide bonds. The van der Waals surface area contributed by atoms with Gasteiger partial charge in [0.1, 0.15) is 11.5 Å². The zero-order chi connectivity index (χ0) is 24.9. The first kappa shape index (κ1) is 24.7. The molecule has 4 rings (SSSR count). The van der Waals surface area contributed by atoms with Crippen LogP contribution in [0.2, 0.25) is 0 Å². The summed E-state index contributed by atoms with van der Waals surface area (Å²) in [6.07, 6.45) is 1.90. The van der Waals surface area contributed by atoms with Crippen molar-refractivity contribution >= 4 is 43.2 Å². The van der Waals surface area contributed by atoms with Crippen LogP contribution in [0.4, 0.5) is 0 Å². The number of carbonyl (C=O) groups is 1. The first-order valence-electron chi connectivity index (χ1n) is 10.4. The summed E-state index contributed by atoms with van der Waals surface area (Å²) in [7, 11) is -4.08. The Bertz CT molecular complexity index is 1490. The molecule has 0 heterocycles. The maximum absolute atomic E-state index is 11.4. The van der Waals surface area contributed by atoms with E-state index in [0.29, 0.717) is 11.1 Å². The van der Waals surface area contributed by atoms with Crippen LogP contribution in [0.5, 0.6) is 11.5 Å². The quantitative estimate of drug-likeness (QED) is 0.118. The van der Waals surface area contributed by atoms with Gasteiger partial charge in [0.2, 0.25) is 0 Å². The summed E-state index contributed by atoms with van der Waals surface area (Å²) < 4.78 is 35.3. The number of aromatic hydroxyl groups is 1. The predicted molar refractivity (Wildman–Crippen MR) is 135 cm³/mol. The highest BCUT2D eigenvalue weighted by atomic mass is 32.2. The van der Waals surface area contributed by atoms with Gasteiger partial charge in [-0.2, -0.15) is 8.42 Å². The Morgan fingerprint density at radius 3 is 2.26 bits per heavy atom. The first-order valence-corrected chi connectivity index (χ1v) is 11.8. The molecule has 0 aliphatic carbocycles. The third kappa shape index (κ3) is 5.51. The topological polar surface area (TPSA) is 101 Å². The van der Waals surface area contributed by atoms with Crippen LogP contribution in [0.25, 0.3) is 27.1 Å². The first-order chi connectivity index (χ1) is 16.2. The van der Waals surface area contributed by atoms with E-state index < -0.39 is 16.1 Å². The maximum Gasteiger partial charge on any atom is 0.335 e. The van der Waals surface area contributed by atoms with Crippen molar-refractivity contribution < 1.29 is 27.6 Å². The molecule has 4 aromatic carbocycles. The summed E-state index contributed by atoms with van der Waals surface area (Å²) >= 11 is 0. The second-order valence-corrected chi connectivity index (χ2v) is 8.80. The summed E-state index contributed by atoms with van der Waals surface area (Å²) in [6.45, 7) is 9.17. The van der Waals surface area contributed by atoms with Crippen molar-refractivity contribution in [3.8, 4) is 11.5 Å². The van der Waals surface area contributed by atoms with Crippen LogP contribution < -0.4 is 4.74 Å². The Morgan fingerprint density at radius 1 is 1.00 bits per heavy atom. The van der Waals surface area contributed by atoms with E-state index in [-0.39, 0.29) is 10.6 Å². The Hall–Kier alpha value is -3.94. The van der Waals surface area contributed by atoms with Gasteiger partial charge in [0.15, 0.2) is 0 Å². The molecule has 4 aromatic rings. The number of esters is 1. The summed E-state index contributed by atoms with van der Waals surface area (Å²) in [6, 6.07) is 20.8. The molecule has 34 heavy (non-hydrogen) atoms. The lowest BCUT2D eigenvalue weighted by molar-refractivity contribution is -0.128. The zero-order valence-electron chi connectivity index (χ0n) is 18.6. The number of fused-ring (bicyclic) bond motifs is 2. The average Bonchev–Trinajstić information content (AvgIpc) is 2.83. The number of allylic oxidation sites excluding steroid dienone is 1. The van der Waals surface area contributed by atoms with E-state index >= 15 is 0 Å². The SMILES string of the molecule is C=C(CC)c1ccc(S(=O)(=O)O)cc1.C=CC(=O)Oc1cccc2cc3ccccc3c(O)c12. The number of hydrogen-bond acceptors (Lipinski definition) is 5. The third-order valence-electron chi connectivity index (χ3n) is 5.19. The molecule has 0 bridgehead atoms. The molecule has 6 nitrogen and oxygen atoms in total. The third-order valence-corrected chi connectivity index (χ3v) is 6.05. The van der Waals surface area contributed by atoms with E-state index in [4.69, 9.17) is 9.29 Å². The van der Waals surface area contributed by atoms with E-state index in [2.05, 4.69) is 13.2 Å². The normalized spacial score (nSPS) is 10.9. The molecule has 0 radical (unpaired) electrons. The molecule has 0 atom stereocenters. The molecule has 0 aliphatic heterocycles. The van der Waals surface area contributed by atoms with Gasteiger partial charge in [0.05, 0.1) is 10.3 Å². The van der Waals surface area contributed by atoms with Gasteiger partial charge < -0.3 is 9.84 Å². The minimum absolute atomic E-state index is 0.0925. The Balaban J connectivity index is 0.000000204. The van der Waals surface area contributed by atoms with Gasteiger partial charge >= 0.3 is 5.97 Å². The highest BCUT2D eigenvalue weighted by Gasteiger charge is 2.12. The molecule has 0 saturated heterocycles. The second-order valence-electron chi connectivity index (χ2n) is 7.38. The summed E-state index contributed by atoms with van der Waals surface area (Å²) in [5, 5.41) is 13.5. The van der Waals surface area contributed by atoms with Gasteiger partial charge in [0.25, 0.3) is 10.1 Å². The number of phenolic OH excluding ortho intramolecular Hbond substituents is 1. The zero-order valence-corrected chi connectivity index (χ0v) is 19.4. The van der Waals surface area contributed by atoms with E-state index in [9.17, 15) is 18.3 Å². The molecule has 0 fully saturated rings. The minimum Gasteiger partial charge on any atom is -0.507 e. The fourth-order valence-electron chi connectivity index (χ4n) is 3.36. The largest absolute Gasteiger partial charge is 0.507 e. The molecule has 7 heteroatoms. The molecule has 2 N–H and O–H groups in total. The molecular weight excluding hydrogens is 452 g/mol. The Kier molecular flexibility index (Phi) is 7.50. The molecular formula is C27H24O6S. The van der Waals surface area contributed by atoms with Crippen LogP contribution >= 0.6 is 0 Å². The van der Waals surface area contributed by atoms with Crippen molar-refractivity contribution in [1.82, 2.24) is 0 Å². The van der Waals surface area contributed by atoms with Crippen molar-refractivity contribution in [3.05, 3.63) is 97.6 Å². The predicted octanol–water partition coefficient (Wildman–Crippen LogP) is 6.15. The van der Waals surface area contributed by atoms with E-state index in [1.807, 2.05) is 43.3 Å². The van der Waals surface area contributed by atoms with E-state index in [0.717, 1.165) is 39.8 Å². The number of carbonyl (C=O) groups excluding carboxylic acids is 1. The fraction of sp³-hybridized carbons (Fsp3) is 0.0741. The van der Waals surface area contributed by atoms with Crippen LogP contribution in [0.3, 0.4) is 0 Å². The summed E-state index contributed by atoms with van der Waals surface area (Å²) in [5.74, 6) is -0.105. The van der Waals surface area contributed by atoms with Crippen LogP contribution in [-0.4, -0.2) is 24.0 Å². The van der Waals surface area contributed by atoms with Crippen LogP contribution in [-0.2, 0) is 14.9 Å². The van der Waals surface area contributed by atoms with E-state index in [1.54, 1.807) is 24.3 Å². The van der Waals surface area contributed by atoms with Gasteiger partial charge in [-0.1, -0.05) is 68.6 Å². The number of phenols is 1. The van der Waals surface area contributed by atoms with Crippen molar-refractivity contribution in [2.45, 2.75) is 18.2 Å². The second kappa shape index (κ2) is 10.3. The highest BCUT2D eigenvalue weighted by molar-refractivity contribution is 7.85. The monoisotopic (exact) mass is 476 g/mol. The molecule has 0 spiro atoms. The Labute approximate surface area is 198 Å². The lowest BCUT2D eigenvalue weighted by atomic mass is 10.0. The van der Waals surface area contributed by atoms with Crippen LogP contribution in [0.1, 0.15) is 18.9 Å². The van der Waals surface area contributed by atoms with Crippen molar-refractivity contribution in [3.63, 3.8) is 0 Å². The van der Waals surface area contributed by atoms with Gasteiger partial charge in [-0.25, -0.2) is 4.79 Å². The molecule has 0 saturated carbocycles. The van der Waals surface area contributed by atoms with E-state index in [1.165, 1.54) is 12.1 Å². The molecule has 0 unspecified atom stereocenters. The number of benzene rings is 4. The number of rotatable bonds is 5. The summed E-state index contributed by atoms with van der Waals surface area (Å²) in [4.78, 5) is 11.3. The average molecular weight is 477 g/mol. The van der Waals surface area contributed by atoms with Crippen molar-refractivity contribution in [2.75, 3.05) is 0 Å². The maximum atomic E-state index is 11.4. The van der Waals surface area contributed by atoms with Crippen LogP contribution in [0.15, 0.2) is 96.9 Å². The smallest absolute Gasteiger partial charge is 0.335 e. The van der Waals surface area contributed by atoms with Gasteiger partial charge in [0, 0.05) is 11.5 Å². The fourth-order valence-corrected chi connectivity index (χ4v) is 3.84. The van der Waals surface area contributed by atoms with Crippen molar-refractivity contribution in [2.24, 2.45) is 0 Å². The molecule has 0 aliphatic rings. The molecule has 174 valence electrons. The molecule has 0 aromatic heterocycles. The highest BCUT2D eigenvalue weighted by Crippen LogP contribution is 2.39. The van der Waals surface area contributed by atoms with Gasteiger partial charge in [-0.3, -0.25) is 4.55 Å².